The summed E-state index contributed by atoms with van der Waals surface area (Å²) < 4.78 is 0. The van der Waals surface area contributed by atoms with Crippen molar-refractivity contribution >= 4 is 0 Å². The van der Waals surface area contributed by atoms with Crippen LogP contribution in [-0.2, 0) is 0 Å². The topological polar surface area (TPSA) is 18.5 Å². The van der Waals surface area contributed by atoms with Gasteiger partial charge in [-0.3, -0.25) is 4.90 Å². The van der Waals surface area contributed by atoms with Gasteiger partial charge in [0.05, 0.1) is 0 Å². The smallest absolute Gasteiger partial charge is 0.0254 e. The first-order chi connectivity index (χ1) is 7.16. The molecule has 2 heterocycles. The van der Waals surface area contributed by atoms with Gasteiger partial charge in [-0.05, 0) is 39.4 Å². The lowest BCUT2D eigenvalue weighted by Crippen LogP contribution is -2.38. The fourth-order valence-corrected chi connectivity index (χ4v) is 3.09. The largest absolute Gasteiger partial charge is 0.313 e. The molecule has 15 heavy (non-hydrogen) atoms. The standard InChI is InChI=1S/C12H25N3/c1-10-7-15(9-12(10)14(2)3)8-11-5-4-6-13-11/h10-13H,4-9H2,1-3H3/t10?,11-,12?/m0/s1. The van der Waals surface area contributed by atoms with Gasteiger partial charge in [-0.15, -0.1) is 0 Å². The van der Waals surface area contributed by atoms with Crippen molar-refractivity contribution in [1.29, 1.82) is 0 Å². The van der Waals surface area contributed by atoms with E-state index in [-0.39, 0.29) is 0 Å². The first kappa shape index (κ1) is 11.4. The Morgan fingerprint density at radius 3 is 2.67 bits per heavy atom. The molecular formula is C12H25N3. The molecule has 1 N–H and O–H groups in total. The highest BCUT2D eigenvalue weighted by molar-refractivity contribution is 4.89. The summed E-state index contributed by atoms with van der Waals surface area (Å²) >= 11 is 0. The summed E-state index contributed by atoms with van der Waals surface area (Å²) in [5.41, 5.74) is 0. The minimum absolute atomic E-state index is 0.756. The van der Waals surface area contributed by atoms with Crippen LogP contribution in [0.5, 0.6) is 0 Å². The van der Waals surface area contributed by atoms with Crippen molar-refractivity contribution in [2.75, 3.05) is 40.3 Å². The van der Waals surface area contributed by atoms with Crippen molar-refractivity contribution in [3.8, 4) is 0 Å². The maximum atomic E-state index is 3.59. The molecule has 3 atom stereocenters. The van der Waals surface area contributed by atoms with E-state index < -0.39 is 0 Å². The Kier molecular flexibility index (Phi) is 3.65. The third kappa shape index (κ3) is 2.71. The highest BCUT2D eigenvalue weighted by Crippen LogP contribution is 2.21. The summed E-state index contributed by atoms with van der Waals surface area (Å²) in [4.78, 5) is 5.02. The lowest BCUT2D eigenvalue weighted by atomic mass is 10.1. The van der Waals surface area contributed by atoms with E-state index in [9.17, 15) is 0 Å². The number of nitrogens with one attached hydrogen (secondary N) is 1. The van der Waals surface area contributed by atoms with E-state index >= 15 is 0 Å². The quantitative estimate of drug-likeness (QED) is 0.738. The minimum Gasteiger partial charge on any atom is -0.313 e. The van der Waals surface area contributed by atoms with Gasteiger partial charge in [0.15, 0.2) is 0 Å². The SMILES string of the molecule is CC1CN(C[C@@H]2CCCN2)CC1N(C)C. The first-order valence-corrected chi connectivity index (χ1v) is 6.29. The van der Waals surface area contributed by atoms with Crippen molar-refractivity contribution in [2.24, 2.45) is 5.92 Å². The molecule has 2 rings (SSSR count). The highest BCUT2D eigenvalue weighted by atomic mass is 15.2. The van der Waals surface area contributed by atoms with Crippen molar-refractivity contribution < 1.29 is 0 Å². The van der Waals surface area contributed by atoms with Crippen LogP contribution in [0, 0.1) is 5.92 Å². The van der Waals surface area contributed by atoms with E-state index in [1.807, 2.05) is 0 Å². The van der Waals surface area contributed by atoms with E-state index in [2.05, 4.69) is 36.1 Å². The fraction of sp³-hybridized carbons (Fsp3) is 1.00. The van der Waals surface area contributed by atoms with Gasteiger partial charge in [-0.25, -0.2) is 0 Å². The molecule has 0 saturated carbocycles. The average molecular weight is 211 g/mol. The highest BCUT2D eigenvalue weighted by Gasteiger charge is 2.32. The van der Waals surface area contributed by atoms with Crippen molar-refractivity contribution in [3.63, 3.8) is 0 Å². The molecule has 0 aliphatic carbocycles. The van der Waals surface area contributed by atoms with Crippen LogP contribution in [-0.4, -0.2) is 62.2 Å². The van der Waals surface area contributed by atoms with E-state index in [0.29, 0.717) is 0 Å². The second-order valence-corrected chi connectivity index (χ2v) is 5.52. The summed E-state index contributed by atoms with van der Waals surface area (Å²) in [5, 5.41) is 3.59. The molecule has 0 aromatic carbocycles. The molecule has 2 unspecified atom stereocenters. The molecule has 2 saturated heterocycles. The molecule has 88 valence electrons. The van der Waals surface area contributed by atoms with Gasteiger partial charge in [0.1, 0.15) is 0 Å². The second-order valence-electron chi connectivity index (χ2n) is 5.52. The van der Waals surface area contributed by atoms with Crippen molar-refractivity contribution in [1.82, 2.24) is 15.1 Å². The number of nitrogens with zero attached hydrogens (tertiary/aromatic N) is 2. The molecule has 2 aliphatic heterocycles. The number of hydrogen-bond acceptors (Lipinski definition) is 3. The van der Waals surface area contributed by atoms with E-state index in [4.69, 9.17) is 0 Å². The monoisotopic (exact) mass is 211 g/mol. The van der Waals surface area contributed by atoms with Gasteiger partial charge in [-0.2, -0.15) is 0 Å². The Bertz CT molecular complexity index is 197. The molecule has 2 aliphatic rings. The molecule has 2 fully saturated rings. The lowest BCUT2D eigenvalue weighted by molar-refractivity contribution is 0.246. The number of likely N-dealkylation sites (N-methyl/N-ethyl adjacent to an activating group) is 1. The zero-order valence-electron chi connectivity index (χ0n) is 10.4. The molecule has 0 aromatic rings. The normalized spacial score (nSPS) is 38.0. The van der Waals surface area contributed by atoms with Crippen molar-refractivity contribution in [3.05, 3.63) is 0 Å². The summed E-state index contributed by atoms with van der Waals surface area (Å²) in [6, 6.07) is 1.52. The zero-order valence-corrected chi connectivity index (χ0v) is 10.4. The van der Waals surface area contributed by atoms with Crippen LogP contribution in [0.4, 0.5) is 0 Å². The summed E-state index contributed by atoms with van der Waals surface area (Å²) in [7, 11) is 4.41. The van der Waals surface area contributed by atoms with Crippen LogP contribution >= 0.6 is 0 Å². The maximum Gasteiger partial charge on any atom is 0.0254 e. The molecular weight excluding hydrogens is 186 g/mol. The second kappa shape index (κ2) is 4.81. The Morgan fingerprint density at radius 2 is 2.13 bits per heavy atom. The van der Waals surface area contributed by atoms with Crippen LogP contribution in [0.3, 0.4) is 0 Å². The molecule has 0 spiro atoms. The van der Waals surface area contributed by atoms with Gasteiger partial charge in [0, 0.05) is 31.7 Å². The van der Waals surface area contributed by atoms with Crippen LogP contribution in [0.25, 0.3) is 0 Å². The number of rotatable bonds is 3. The Labute approximate surface area is 93.8 Å². The predicted molar refractivity (Wildman–Crippen MR) is 64.1 cm³/mol. The lowest BCUT2D eigenvalue weighted by Gasteiger charge is -2.23. The van der Waals surface area contributed by atoms with Gasteiger partial charge >= 0.3 is 0 Å². The molecule has 0 aromatic heterocycles. The van der Waals surface area contributed by atoms with Gasteiger partial charge in [-0.1, -0.05) is 6.92 Å². The average Bonchev–Trinajstić information content (AvgIpc) is 2.75. The molecule has 3 nitrogen and oxygen atoms in total. The molecule has 0 amide bonds. The van der Waals surface area contributed by atoms with Crippen LogP contribution in [0.2, 0.25) is 0 Å². The number of likely N-dealkylation sites (tertiary alicyclic amines) is 1. The molecule has 3 heteroatoms. The van der Waals surface area contributed by atoms with E-state index in [0.717, 1.165) is 18.0 Å². The van der Waals surface area contributed by atoms with Crippen LogP contribution in [0.1, 0.15) is 19.8 Å². The molecule has 0 radical (unpaired) electrons. The third-order valence-electron chi connectivity index (χ3n) is 3.95. The first-order valence-electron chi connectivity index (χ1n) is 6.29. The fourth-order valence-electron chi connectivity index (χ4n) is 3.09. The van der Waals surface area contributed by atoms with Gasteiger partial charge in [0.2, 0.25) is 0 Å². The summed E-state index contributed by atoms with van der Waals surface area (Å²) in [6.07, 6.45) is 2.74. The Hall–Kier alpha value is -0.120. The van der Waals surface area contributed by atoms with Crippen LogP contribution < -0.4 is 5.32 Å². The van der Waals surface area contributed by atoms with E-state index in [1.54, 1.807) is 0 Å². The predicted octanol–water partition coefficient (Wildman–Crippen LogP) is 0.620. The zero-order chi connectivity index (χ0) is 10.8. The van der Waals surface area contributed by atoms with E-state index in [1.165, 1.54) is 39.0 Å². The van der Waals surface area contributed by atoms with Gasteiger partial charge in [0.25, 0.3) is 0 Å². The maximum absolute atomic E-state index is 3.59. The van der Waals surface area contributed by atoms with Crippen molar-refractivity contribution in [2.45, 2.75) is 31.8 Å². The van der Waals surface area contributed by atoms with Crippen LogP contribution in [0.15, 0.2) is 0 Å². The summed E-state index contributed by atoms with van der Waals surface area (Å²) in [6.45, 7) is 7.40. The summed E-state index contributed by atoms with van der Waals surface area (Å²) in [5.74, 6) is 0.821. The third-order valence-corrected chi connectivity index (χ3v) is 3.95. The Morgan fingerprint density at radius 1 is 1.33 bits per heavy atom. The molecule has 0 bridgehead atoms. The Balaban J connectivity index is 1.80. The van der Waals surface area contributed by atoms with Gasteiger partial charge < -0.3 is 10.2 Å². The number of hydrogen-bond donors (Lipinski definition) is 1. The minimum atomic E-state index is 0.756.